The van der Waals surface area contributed by atoms with Gasteiger partial charge in [0.1, 0.15) is 11.9 Å². The zero-order valence-corrected chi connectivity index (χ0v) is 12.4. The molecule has 0 heterocycles. The maximum atomic E-state index is 10.4. The van der Waals surface area contributed by atoms with E-state index in [1.165, 1.54) is 5.56 Å². The van der Waals surface area contributed by atoms with Crippen LogP contribution in [0.15, 0.2) is 24.3 Å². The second-order valence-corrected chi connectivity index (χ2v) is 6.38. The van der Waals surface area contributed by atoms with Gasteiger partial charge in [0.05, 0.1) is 6.10 Å². The zero-order valence-electron chi connectivity index (χ0n) is 12.4. The van der Waals surface area contributed by atoms with Crippen molar-refractivity contribution < 1.29 is 9.84 Å². The first kappa shape index (κ1) is 14.4. The summed E-state index contributed by atoms with van der Waals surface area (Å²) in [7, 11) is 0. The molecule has 1 aliphatic rings. The van der Waals surface area contributed by atoms with Gasteiger partial charge in [-0.25, -0.2) is 0 Å². The molecule has 1 fully saturated rings. The number of rotatable bonds is 4. The first-order chi connectivity index (χ1) is 9.03. The Morgan fingerprint density at radius 1 is 1.26 bits per heavy atom. The largest absolute Gasteiger partial charge is 0.488 e. The molecule has 1 N–H and O–H groups in total. The Morgan fingerprint density at radius 3 is 2.58 bits per heavy atom. The Kier molecular flexibility index (Phi) is 4.51. The average Bonchev–Trinajstić information content (AvgIpc) is 2.38. The average molecular weight is 262 g/mol. The Hall–Kier alpha value is -1.02. The minimum absolute atomic E-state index is 0.0366. The summed E-state index contributed by atoms with van der Waals surface area (Å²) < 4.78 is 5.99. The third kappa shape index (κ3) is 3.50. The quantitative estimate of drug-likeness (QED) is 0.890. The third-order valence-electron chi connectivity index (χ3n) is 4.21. The molecule has 106 valence electrons. The summed E-state index contributed by atoms with van der Waals surface area (Å²) in [6, 6.07) is 8.30. The van der Waals surface area contributed by atoms with Gasteiger partial charge in [0.15, 0.2) is 0 Å². The van der Waals surface area contributed by atoms with Gasteiger partial charge in [-0.3, -0.25) is 0 Å². The molecule has 0 radical (unpaired) electrons. The first-order valence-electron chi connectivity index (χ1n) is 7.46. The zero-order chi connectivity index (χ0) is 13.9. The molecule has 2 heteroatoms. The fourth-order valence-electron chi connectivity index (χ4n) is 2.89. The molecule has 0 spiro atoms. The highest BCUT2D eigenvalue weighted by molar-refractivity contribution is 5.27. The topological polar surface area (TPSA) is 29.5 Å². The lowest BCUT2D eigenvalue weighted by Crippen LogP contribution is -2.46. The molecule has 2 atom stereocenters. The van der Waals surface area contributed by atoms with Crippen LogP contribution in [0.5, 0.6) is 5.75 Å². The van der Waals surface area contributed by atoms with Crippen LogP contribution in [0.1, 0.15) is 52.0 Å². The number of aryl methyl sites for hydroxylation is 1. The van der Waals surface area contributed by atoms with E-state index in [1.807, 2.05) is 12.1 Å². The molecule has 0 bridgehead atoms. The minimum Gasteiger partial charge on any atom is -0.488 e. The van der Waals surface area contributed by atoms with E-state index in [1.54, 1.807) is 0 Å². The lowest BCUT2D eigenvalue weighted by Gasteiger charge is -2.40. The van der Waals surface area contributed by atoms with E-state index >= 15 is 0 Å². The van der Waals surface area contributed by atoms with Gasteiger partial charge in [-0.05, 0) is 48.8 Å². The molecule has 1 saturated carbocycles. The van der Waals surface area contributed by atoms with Crippen LogP contribution in [0.2, 0.25) is 0 Å². The number of aliphatic hydroxyl groups excluding tert-OH is 1. The van der Waals surface area contributed by atoms with Crippen molar-refractivity contribution in [2.24, 2.45) is 5.41 Å². The predicted molar refractivity (Wildman–Crippen MR) is 78.5 cm³/mol. The number of benzene rings is 1. The normalized spacial score (nSPS) is 26.1. The third-order valence-corrected chi connectivity index (χ3v) is 4.21. The highest BCUT2D eigenvalue weighted by Gasteiger charge is 2.38. The number of hydrogen-bond acceptors (Lipinski definition) is 2. The van der Waals surface area contributed by atoms with Crippen LogP contribution in [-0.2, 0) is 6.42 Å². The highest BCUT2D eigenvalue weighted by Crippen LogP contribution is 2.37. The van der Waals surface area contributed by atoms with E-state index in [4.69, 9.17) is 4.74 Å². The van der Waals surface area contributed by atoms with Crippen LogP contribution < -0.4 is 4.74 Å². The van der Waals surface area contributed by atoms with E-state index in [2.05, 4.69) is 32.9 Å². The first-order valence-corrected chi connectivity index (χ1v) is 7.46. The summed E-state index contributed by atoms with van der Waals surface area (Å²) in [4.78, 5) is 0. The van der Waals surface area contributed by atoms with Gasteiger partial charge in [-0.15, -0.1) is 0 Å². The van der Waals surface area contributed by atoms with Crippen molar-refractivity contribution in [3.05, 3.63) is 29.8 Å². The maximum Gasteiger partial charge on any atom is 0.125 e. The van der Waals surface area contributed by atoms with Crippen LogP contribution in [0.3, 0.4) is 0 Å². The second kappa shape index (κ2) is 5.96. The fourth-order valence-corrected chi connectivity index (χ4v) is 2.89. The van der Waals surface area contributed by atoms with Gasteiger partial charge in [-0.1, -0.05) is 39.3 Å². The summed E-state index contributed by atoms with van der Waals surface area (Å²) in [6.45, 7) is 6.43. The van der Waals surface area contributed by atoms with E-state index < -0.39 is 0 Å². The van der Waals surface area contributed by atoms with Crippen molar-refractivity contribution in [2.75, 3.05) is 0 Å². The SMILES string of the molecule is CCCc1ccc(OC2CCCC(C)(C)C2O)cc1. The Balaban J connectivity index is 2.00. The van der Waals surface area contributed by atoms with Crippen LogP contribution in [0, 0.1) is 5.41 Å². The summed E-state index contributed by atoms with van der Waals surface area (Å²) in [5.41, 5.74) is 1.31. The summed E-state index contributed by atoms with van der Waals surface area (Å²) in [5.74, 6) is 0.876. The van der Waals surface area contributed by atoms with Gasteiger partial charge in [0.2, 0.25) is 0 Å². The standard InChI is InChI=1S/C17H26O2/c1-4-6-13-8-10-14(11-9-13)19-15-7-5-12-17(2,3)16(15)18/h8-11,15-16,18H,4-7,12H2,1-3H3. The van der Waals surface area contributed by atoms with Crippen molar-refractivity contribution in [3.63, 3.8) is 0 Å². The smallest absolute Gasteiger partial charge is 0.125 e. The van der Waals surface area contributed by atoms with Crippen LogP contribution in [-0.4, -0.2) is 17.3 Å². The number of aliphatic hydroxyl groups is 1. The monoisotopic (exact) mass is 262 g/mol. The number of hydrogen-bond donors (Lipinski definition) is 1. The van der Waals surface area contributed by atoms with E-state index in [9.17, 15) is 5.11 Å². The Bertz CT molecular complexity index is 394. The summed E-state index contributed by atoms with van der Waals surface area (Å²) >= 11 is 0. The molecule has 1 aromatic carbocycles. The van der Waals surface area contributed by atoms with Gasteiger partial charge in [0.25, 0.3) is 0 Å². The molecule has 1 aliphatic carbocycles. The van der Waals surface area contributed by atoms with Gasteiger partial charge in [0, 0.05) is 0 Å². The predicted octanol–water partition coefficient (Wildman–Crippen LogP) is 3.96. The molecule has 0 aromatic heterocycles. The van der Waals surface area contributed by atoms with Crippen molar-refractivity contribution >= 4 is 0 Å². The van der Waals surface area contributed by atoms with Crippen LogP contribution in [0.25, 0.3) is 0 Å². The van der Waals surface area contributed by atoms with E-state index in [0.717, 1.165) is 37.9 Å². The van der Waals surface area contributed by atoms with Crippen molar-refractivity contribution in [2.45, 2.75) is 65.1 Å². The van der Waals surface area contributed by atoms with Gasteiger partial charge >= 0.3 is 0 Å². The van der Waals surface area contributed by atoms with Gasteiger partial charge in [-0.2, -0.15) is 0 Å². The maximum absolute atomic E-state index is 10.4. The van der Waals surface area contributed by atoms with Crippen LogP contribution in [0.4, 0.5) is 0 Å². The minimum atomic E-state index is -0.378. The molecule has 0 amide bonds. The van der Waals surface area contributed by atoms with Crippen LogP contribution >= 0.6 is 0 Å². The molecular weight excluding hydrogens is 236 g/mol. The summed E-state index contributed by atoms with van der Waals surface area (Å²) in [6.07, 6.45) is 4.97. The number of ether oxygens (including phenoxy) is 1. The van der Waals surface area contributed by atoms with E-state index in [0.29, 0.717) is 0 Å². The lowest BCUT2D eigenvalue weighted by atomic mass is 9.73. The second-order valence-electron chi connectivity index (χ2n) is 6.38. The molecule has 2 nitrogen and oxygen atoms in total. The fraction of sp³-hybridized carbons (Fsp3) is 0.647. The van der Waals surface area contributed by atoms with Crippen molar-refractivity contribution in [1.82, 2.24) is 0 Å². The Labute approximate surface area is 116 Å². The molecule has 2 unspecified atom stereocenters. The Morgan fingerprint density at radius 2 is 1.95 bits per heavy atom. The summed E-state index contributed by atoms with van der Waals surface area (Å²) in [5, 5.41) is 10.4. The molecule has 2 rings (SSSR count). The molecule has 1 aromatic rings. The van der Waals surface area contributed by atoms with Crippen molar-refractivity contribution in [1.29, 1.82) is 0 Å². The molecule has 0 saturated heterocycles. The van der Waals surface area contributed by atoms with Crippen molar-refractivity contribution in [3.8, 4) is 5.75 Å². The molecular formula is C17H26O2. The highest BCUT2D eigenvalue weighted by atomic mass is 16.5. The lowest BCUT2D eigenvalue weighted by molar-refractivity contribution is -0.0689. The van der Waals surface area contributed by atoms with Gasteiger partial charge < -0.3 is 9.84 Å². The van der Waals surface area contributed by atoms with E-state index in [-0.39, 0.29) is 17.6 Å². The molecule has 19 heavy (non-hydrogen) atoms. The molecule has 0 aliphatic heterocycles.